The summed E-state index contributed by atoms with van der Waals surface area (Å²) in [5.41, 5.74) is 13.1. The van der Waals surface area contributed by atoms with Gasteiger partial charge in [0.1, 0.15) is 0 Å². The number of benzene rings is 1. The van der Waals surface area contributed by atoms with Gasteiger partial charge in [0.15, 0.2) is 0 Å². The van der Waals surface area contributed by atoms with Crippen LogP contribution in [0.4, 0.5) is 0 Å². The van der Waals surface area contributed by atoms with Crippen molar-refractivity contribution < 1.29 is 0 Å². The number of hydrogen-bond acceptors (Lipinski definition) is 2. The van der Waals surface area contributed by atoms with E-state index in [1.165, 1.54) is 0 Å². The molecule has 0 aliphatic rings. The lowest BCUT2D eigenvalue weighted by molar-refractivity contribution is 0.439. The monoisotopic (exact) mass is 226 g/mol. The van der Waals surface area contributed by atoms with Crippen molar-refractivity contribution in [2.75, 3.05) is 0 Å². The van der Waals surface area contributed by atoms with Crippen molar-refractivity contribution >= 4 is 11.6 Å². The maximum Gasteiger partial charge on any atom is 0.0448 e. The average molecular weight is 227 g/mol. The standard InChI is InChI=1S/C12H19ClN2/c1-8(2)7-11(14)12(15)9-3-5-10(13)6-4-9/h3-6,8,11-12H,7,14-15H2,1-2H3. The van der Waals surface area contributed by atoms with Crippen LogP contribution >= 0.6 is 11.6 Å². The molecule has 0 saturated carbocycles. The van der Waals surface area contributed by atoms with Gasteiger partial charge in [-0.15, -0.1) is 0 Å². The first-order valence-corrected chi connectivity index (χ1v) is 5.65. The summed E-state index contributed by atoms with van der Waals surface area (Å²) in [6.45, 7) is 4.29. The average Bonchev–Trinajstić information content (AvgIpc) is 2.17. The van der Waals surface area contributed by atoms with Crippen molar-refractivity contribution in [1.82, 2.24) is 0 Å². The molecule has 1 aromatic carbocycles. The topological polar surface area (TPSA) is 52.0 Å². The smallest absolute Gasteiger partial charge is 0.0448 e. The highest BCUT2D eigenvalue weighted by atomic mass is 35.5. The Morgan fingerprint density at radius 3 is 2.13 bits per heavy atom. The highest BCUT2D eigenvalue weighted by molar-refractivity contribution is 6.30. The van der Waals surface area contributed by atoms with Crippen LogP contribution in [-0.4, -0.2) is 6.04 Å². The lowest BCUT2D eigenvalue weighted by Gasteiger charge is -2.21. The molecule has 0 aliphatic heterocycles. The van der Waals surface area contributed by atoms with Crippen LogP contribution in [0, 0.1) is 5.92 Å². The minimum Gasteiger partial charge on any atom is -0.326 e. The van der Waals surface area contributed by atoms with Crippen molar-refractivity contribution in [2.24, 2.45) is 17.4 Å². The van der Waals surface area contributed by atoms with Crippen molar-refractivity contribution in [1.29, 1.82) is 0 Å². The Morgan fingerprint density at radius 2 is 1.67 bits per heavy atom. The van der Waals surface area contributed by atoms with E-state index in [2.05, 4.69) is 13.8 Å². The summed E-state index contributed by atoms with van der Waals surface area (Å²) in [6.07, 6.45) is 0.934. The maximum absolute atomic E-state index is 6.07. The Kier molecular flexibility index (Phi) is 4.58. The third-order valence-electron chi connectivity index (χ3n) is 2.46. The molecule has 0 bridgehead atoms. The van der Waals surface area contributed by atoms with Crippen LogP contribution in [0.3, 0.4) is 0 Å². The molecule has 4 N–H and O–H groups in total. The quantitative estimate of drug-likeness (QED) is 0.830. The Balaban J connectivity index is 2.67. The first-order chi connectivity index (χ1) is 7.00. The molecule has 0 fully saturated rings. The second-order valence-corrected chi connectivity index (χ2v) is 4.81. The summed E-state index contributed by atoms with van der Waals surface area (Å²) in [5, 5.41) is 0.725. The fourth-order valence-corrected chi connectivity index (χ4v) is 1.75. The van der Waals surface area contributed by atoms with Gasteiger partial charge in [-0.05, 0) is 30.0 Å². The summed E-state index contributed by atoms with van der Waals surface area (Å²) < 4.78 is 0. The van der Waals surface area contributed by atoms with E-state index in [1.807, 2.05) is 24.3 Å². The Hall–Kier alpha value is -0.570. The van der Waals surface area contributed by atoms with Crippen molar-refractivity contribution in [3.05, 3.63) is 34.9 Å². The molecule has 15 heavy (non-hydrogen) atoms. The predicted octanol–water partition coefficient (Wildman–Crippen LogP) is 2.71. The lowest BCUT2D eigenvalue weighted by Crippen LogP contribution is -2.35. The van der Waals surface area contributed by atoms with E-state index < -0.39 is 0 Å². The molecule has 84 valence electrons. The van der Waals surface area contributed by atoms with E-state index in [9.17, 15) is 0 Å². The molecular weight excluding hydrogens is 208 g/mol. The van der Waals surface area contributed by atoms with Crippen LogP contribution < -0.4 is 11.5 Å². The fourth-order valence-electron chi connectivity index (χ4n) is 1.62. The first-order valence-electron chi connectivity index (χ1n) is 5.27. The molecule has 1 rings (SSSR count). The van der Waals surface area contributed by atoms with Crippen LogP contribution in [-0.2, 0) is 0 Å². The van der Waals surface area contributed by atoms with Crippen LogP contribution in [0.15, 0.2) is 24.3 Å². The zero-order valence-electron chi connectivity index (χ0n) is 9.28. The predicted molar refractivity (Wildman–Crippen MR) is 65.8 cm³/mol. The van der Waals surface area contributed by atoms with E-state index in [-0.39, 0.29) is 12.1 Å². The number of rotatable bonds is 4. The molecule has 0 aromatic heterocycles. The zero-order valence-corrected chi connectivity index (χ0v) is 10.0. The molecule has 3 heteroatoms. The molecule has 0 heterocycles. The largest absolute Gasteiger partial charge is 0.326 e. The molecule has 0 saturated heterocycles. The van der Waals surface area contributed by atoms with Gasteiger partial charge in [-0.3, -0.25) is 0 Å². The number of hydrogen-bond donors (Lipinski definition) is 2. The summed E-state index contributed by atoms with van der Waals surface area (Å²) >= 11 is 5.81. The van der Waals surface area contributed by atoms with Crippen molar-refractivity contribution in [3.63, 3.8) is 0 Å². The molecule has 2 nitrogen and oxygen atoms in total. The highest BCUT2D eigenvalue weighted by Gasteiger charge is 2.16. The van der Waals surface area contributed by atoms with Crippen LogP contribution in [0.5, 0.6) is 0 Å². The van der Waals surface area contributed by atoms with E-state index >= 15 is 0 Å². The summed E-state index contributed by atoms with van der Waals surface area (Å²) in [5.74, 6) is 0.568. The SMILES string of the molecule is CC(C)CC(N)C(N)c1ccc(Cl)cc1. The van der Waals surface area contributed by atoms with Crippen molar-refractivity contribution in [3.8, 4) is 0 Å². The molecule has 0 spiro atoms. The van der Waals surface area contributed by atoms with Gasteiger partial charge in [0.05, 0.1) is 0 Å². The minimum atomic E-state index is -0.107. The van der Waals surface area contributed by atoms with Crippen LogP contribution in [0.25, 0.3) is 0 Å². The second-order valence-electron chi connectivity index (χ2n) is 4.37. The summed E-state index contributed by atoms with van der Waals surface area (Å²) in [7, 11) is 0. The van der Waals surface area contributed by atoms with Gasteiger partial charge in [-0.1, -0.05) is 37.6 Å². The van der Waals surface area contributed by atoms with Gasteiger partial charge in [0.25, 0.3) is 0 Å². The minimum absolute atomic E-state index is 0.00572. The molecular formula is C12H19ClN2. The van der Waals surface area contributed by atoms with E-state index in [4.69, 9.17) is 23.1 Å². The zero-order chi connectivity index (χ0) is 11.4. The van der Waals surface area contributed by atoms with Gasteiger partial charge in [-0.25, -0.2) is 0 Å². The highest BCUT2D eigenvalue weighted by Crippen LogP contribution is 2.19. The summed E-state index contributed by atoms with van der Waals surface area (Å²) in [4.78, 5) is 0. The van der Waals surface area contributed by atoms with Gasteiger partial charge in [0, 0.05) is 17.1 Å². The molecule has 2 atom stereocenters. The summed E-state index contributed by atoms with van der Waals surface area (Å²) in [6, 6.07) is 7.47. The van der Waals surface area contributed by atoms with Gasteiger partial charge < -0.3 is 11.5 Å². The molecule has 0 amide bonds. The fraction of sp³-hybridized carbons (Fsp3) is 0.500. The Labute approximate surface area is 96.6 Å². The lowest BCUT2D eigenvalue weighted by atomic mass is 9.94. The van der Waals surface area contributed by atoms with Crippen LogP contribution in [0.1, 0.15) is 31.9 Å². The van der Waals surface area contributed by atoms with Gasteiger partial charge in [0.2, 0.25) is 0 Å². The van der Waals surface area contributed by atoms with E-state index in [1.54, 1.807) is 0 Å². The third kappa shape index (κ3) is 3.82. The Morgan fingerprint density at radius 1 is 1.13 bits per heavy atom. The maximum atomic E-state index is 6.07. The normalized spacial score (nSPS) is 15.3. The molecule has 0 radical (unpaired) electrons. The van der Waals surface area contributed by atoms with E-state index in [0.29, 0.717) is 5.92 Å². The number of halogens is 1. The molecule has 2 unspecified atom stereocenters. The van der Waals surface area contributed by atoms with Crippen molar-refractivity contribution in [2.45, 2.75) is 32.4 Å². The van der Waals surface area contributed by atoms with Gasteiger partial charge in [-0.2, -0.15) is 0 Å². The van der Waals surface area contributed by atoms with Gasteiger partial charge >= 0.3 is 0 Å². The van der Waals surface area contributed by atoms with Crippen LogP contribution in [0.2, 0.25) is 5.02 Å². The number of nitrogens with two attached hydrogens (primary N) is 2. The van der Waals surface area contributed by atoms with E-state index in [0.717, 1.165) is 17.0 Å². The Bertz CT molecular complexity index is 295. The first kappa shape index (κ1) is 12.5. The third-order valence-corrected chi connectivity index (χ3v) is 2.71. The molecule has 1 aromatic rings. The molecule has 0 aliphatic carbocycles. The second kappa shape index (κ2) is 5.50.